The van der Waals surface area contributed by atoms with E-state index in [1.807, 2.05) is 0 Å². The molecular formula is C16H17ClN2O3. The first-order valence-electron chi connectivity index (χ1n) is 6.63. The molecule has 0 aromatic heterocycles. The van der Waals surface area contributed by atoms with Crippen LogP contribution in [0.3, 0.4) is 0 Å². The van der Waals surface area contributed by atoms with Crippen LogP contribution in [-0.2, 0) is 4.79 Å². The molecule has 0 saturated carbocycles. The third kappa shape index (κ3) is 4.30. The SMILES string of the molecule is COc1ccc(NCC(=O)Nc2ccc(Cl)cc2)c(OC)c1. The summed E-state index contributed by atoms with van der Waals surface area (Å²) >= 11 is 5.80. The van der Waals surface area contributed by atoms with E-state index in [4.69, 9.17) is 21.1 Å². The van der Waals surface area contributed by atoms with Gasteiger partial charge in [-0.05, 0) is 36.4 Å². The first kappa shape index (κ1) is 16.0. The minimum absolute atomic E-state index is 0.116. The molecule has 0 bridgehead atoms. The number of hydrogen-bond acceptors (Lipinski definition) is 4. The highest BCUT2D eigenvalue weighted by Gasteiger charge is 2.07. The predicted molar refractivity (Wildman–Crippen MR) is 88.1 cm³/mol. The Bertz CT molecular complexity index is 644. The average molecular weight is 321 g/mol. The zero-order valence-electron chi connectivity index (χ0n) is 12.4. The highest BCUT2D eigenvalue weighted by Crippen LogP contribution is 2.28. The van der Waals surface area contributed by atoms with Crippen LogP contribution in [0.5, 0.6) is 11.5 Å². The lowest BCUT2D eigenvalue weighted by Gasteiger charge is -2.12. The molecule has 0 unspecified atom stereocenters. The maximum atomic E-state index is 11.9. The molecule has 0 fully saturated rings. The molecule has 0 saturated heterocycles. The van der Waals surface area contributed by atoms with Crippen molar-refractivity contribution in [1.29, 1.82) is 0 Å². The molecule has 2 aromatic rings. The normalized spacial score (nSPS) is 9.95. The maximum absolute atomic E-state index is 11.9. The van der Waals surface area contributed by atoms with Gasteiger partial charge in [0, 0.05) is 16.8 Å². The molecule has 2 aromatic carbocycles. The summed E-state index contributed by atoms with van der Waals surface area (Å²) in [6.45, 7) is 0.116. The Kier molecular flexibility index (Phi) is 5.49. The monoisotopic (exact) mass is 320 g/mol. The van der Waals surface area contributed by atoms with Crippen LogP contribution >= 0.6 is 11.6 Å². The lowest BCUT2D eigenvalue weighted by molar-refractivity contribution is -0.114. The molecular weight excluding hydrogens is 304 g/mol. The quantitative estimate of drug-likeness (QED) is 0.856. The molecule has 0 spiro atoms. The van der Waals surface area contributed by atoms with E-state index in [0.717, 1.165) is 5.69 Å². The summed E-state index contributed by atoms with van der Waals surface area (Å²) in [6, 6.07) is 12.3. The molecule has 2 N–H and O–H groups in total. The van der Waals surface area contributed by atoms with Gasteiger partial charge in [0.25, 0.3) is 0 Å². The van der Waals surface area contributed by atoms with Gasteiger partial charge in [-0.25, -0.2) is 0 Å². The highest BCUT2D eigenvalue weighted by molar-refractivity contribution is 6.30. The Morgan fingerprint density at radius 1 is 1.09 bits per heavy atom. The van der Waals surface area contributed by atoms with Gasteiger partial charge in [-0.1, -0.05) is 11.6 Å². The second-order valence-corrected chi connectivity index (χ2v) is 4.91. The van der Waals surface area contributed by atoms with Crippen LogP contribution in [0.2, 0.25) is 5.02 Å². The van der Waals surface area contributed by atoms with Gasteiger partial charge in [0.15, 0.2) is 0 Å². The Labute approximate surface area is 134 Å². The van der Waals surface area contributed by atoms with Gasteiger partial charge >= 0.3 is 0 Å². The van der Waals surface area contributed by atoms with E-state index in [9.17, 15) is 4.79 Å². The molecule has 0 aliphatic rings. The number of hydrogen-bond donors (Lipinski definition) is 2. The summed E-state index contributed by atoms with van der Waals surface area (Å²) < 4.78 is 10.4. The average Bonchev–Trinajstić information content (AvgIpc) is 2.55. The fourth-order valence-electron chi connectivity index (χ4n) is 1.86. The summed E-state index contributed by atoms with van der Waals surface area (Å²) in [6.07, 6.45) is 0. The van der Waals surface area contributed by atoms with Gasteiger partial charge in [0.1, 0.15) is 11.5 Å². The molecule has 0 aliphatic heterocycles. The number of nitrogens with one attached hydrogen (secondary N) is 2. The number of methoxy groups -OCH3 is 2. The number of anilines is 2. The molecule has 0 radical (unpaired) electrons. The standard InChI is InChI=1S/C16H17ClN2O3/c1-21-13-7-8-14(15(9-13)22-2)18-10-16(20)19-12-5-3-11(17)4-6-12/h3-9,18H,10H2,1-2H3,(H,19,20). The number of halogens is 1. The van der Waals surface area contributed by atoms with Crippen molar-refractivity contribution < 1.29 is 14.3 Å². The molecule has 22 heavy (non-hydrogen) atoms. The van der Waals surface area contributed by atoms with Crippen LogP contribution < -0.4 is 20.1 Å². The topological polar surface area (TPSA) is 59.6 Å². The molecule has 116 valence electrons. The van der Waals surface area contributed by atoms with Crippen LogP contribution in [0.25, 0.3) is 0 Å². The van der Waals surface area contributed by atoms with Gasteiger partial charge in [0.2, 0.25) is 5.91 Å². The molecule has 0 aliphatic carbocycles. The van der Waals surface area contributed by atoms with Gasteiger partial charge in [0.05, 0.1) is 26.5 Å². The van der Waals surface area contributed by atoms with Crippen molar-refractivity contribution in [2.75, 3.05) is 31.4 Å². The first-order chi connectivity index (χ1) is 10.6. The maximum Gasteiger partial charge on any atom is 0.243 e. The van der Waals surface area contributed by atoms with Crippen molar-refractivity contribution in [2.24, 2.45) is 0 Å². The van der Waals surface area contributed by atoms with Crippen molar-refractivity contribution >= 4 is 28.9 Å². The summed E-state index contributed by atoms with van der Waals surface area (Å²) in [4.78, 5) is 11.9. The Balaban J connectivity index is 1.94. The van der Waals surface area contributed by atoms with Crippen molar-refractivity contribution in [3.8, 4) is 11.5 Å². The van der Waals surface area contributed by atoms with Crippen LogP contribution in [-0.4, -0.2) is 26.7 Å². The van der Waals surface area contributed by atoms with Gasteiger partial charge in [-0.3, -0.25) is 4.79 Å². The number of ether oxygens (including phenoxy) is 2. The molecule has 6 heteroatoms. The first-order valence-corrected chi connectivity index (χ1v) is 7.01. The van der Waals surface area contributed by atoms with Crippen LogP contribution in [0.15, 0.2) is 42.5 Å². The van der Waals surface area contributed by atoms with E-state index in [1.165, 1.54) is 0 Å². The van der Waals surface area contributed by atoms with Crippen LogP contribution in [0.4, 0.5) is 11.4 Å². The van der Waals surface area contributed by atoms with Crippen molar-refractivity contribution in [2.45, 2.75) is 0 Å². The molecule has 1 amide bonds. The smallest absolute Gasteiger partial charge is 0.243 e. The van der Waals surface area contributed by atoms with E-state index in [0.29, 0.717) is 22.2 Å². The van der Waals surface area contributed by atoms with E-state index in [1.54, 1.807) is 56.7 Å². The van der Waals surface area contributed by atoms with Crippen molar-refractivity contribution in [3.05, 3.63) is 47.5 Å². The van der Waals surface area contributed by atoms with E-state index in [-0.39, 0.29) is 12.5 Å². The third-order valence-corrected chi connectivity index (χ3v) is 3.23. The second-order valence-electron chi connectivity index (χ2n) is 4.47. The Hall–Kier alpha value is -2.40. The van der Waals surface area contributed by atoms with Crippen molar-refractivity contribution in [3.63, 3.8) is 0 Å². The zero-order valence-corrected chi connectivity index (χ0v) is 13.1. The number of benzene rings is 2. The van der Waals surface area contributed by atoms with Crippen LogP contribution in [0, 0.1) is 0 Å². The van der Waals surface area contributed by atoms with Crippen LogP contribution in [0.1, 0.15) is 0 Å². The minimum Gasteiger partial charge on any atom is -0.497 e. The molecule has 2 rings (SSSR count). The highest BCUT2D eigenvalue weighted by atomic mass is 35.5. The fourth-order valence-corrected chi connectivity index (χ4v) is 1.98. The van der Waals surface area contributed by atoms with E-state index in [2.05, 4.69) is 10.6 Å². The number of carbonyl (C=O) groups is 1. The third-order valence-electron chi connectivity index (χ3n) is 2.98. The van der Waals surface area contributed by atoms with Gasteiger partial charge in [-0.15, -0.1) is 0 Å². The summed E-state index contributed by atoms with van der Waals surface area (Å²) in [5.74, 6) is 1.13. The minimum atomic E-state index is -0.166. The van der Waals surface area contributed by atoms with E-state index < -0.39 is 0 Å². The van der Waals surface area contributed by atoms with E-state index >= 15 is 0 Å². The molecule has 5 nitrogen and oxygen atoms in total. The fraction of sp³-hybridized carbons (Fsp3) is 0.188. The predicted octanol–water partition coefficient (Wildman–Crippen LogP) is 3.41. The molecule has 0 atom stereocenters. The summed E-state index contributed by atoms with van der Waals surface area (Å²) in [7, 11) is 3.15. The van der Waals surface area contributed by atoms with Crippen molar-refractivity contribution in [1.82, 2.24) is 0 Å². The molecule has 0 heterocycles. The largest absolute Gasteiger partial charge is 0.497 e. The summed E-state index contributed by atoms with van der Waals surface area (Å²) in [5.41, 5.74) is 1.41. The Morgan fingerprint density at radius 2 is 1.82 bits per heavy atom. The number of carbonyl (C=O) groups excluding carboxylic acids is 1. The zero-order chi connectivity index (χ0) is 15.9. The second kappa shape index (κ2) is 7.56. The lowest BCUT2D eigenvalue weighted by Crippen LogP contribution is -2.21. The number of rotatable bonds is 6. The van der Waals surface area contributed by atoms with Gasteiger partial charge < -0.3 is 20.1 Å². The summed E-state index contributed by atoms with van der Waals surface area (Å²) in [5, 5.41) is 6.43. The Morgan fingerprint density at radius 3 is 2.45 bits per heavy atom. The van der Waals surface area contributed by atoms with Gasteiger partial charge in [-0.2, -0.15) is 0 Å². The number of amides is 1. The lowest BCUT2D eigenvalue weighted by atomic mass is 10.2.